The Morgan fingerprint density at radius 1 is 1.17 bits per heavy atom. The van der Waals surface area contributed by atoms with Crippen molar-refractivity contribution < 1.29 is 18.7 Å². The van der Waals surface area contributed by atoms with Crippen LogP contribution in [0, 0.1) is 5.82 Å². The number of anilines is 1. The van der Waals surface area contributed by atoms with Crippen molar-refractivity contribution in [3.8, 4) is 5.75 Å². The van der Waals surface area contributed by atoms with Crippen LogP contribution in [0.25, 0.3) is 10.9 Å². The fraction of sp³-hybridized carbons (Fsp3) is 0.414. The van der Waals surface area contributed by atoms with Gasteiger partial charge in [0, 0.05) is 61.6 Å². The molecule has 2 amide bonds. The van der Waals surface area contributed by atoms with Gasteiger partial charge in [-0.1, -0.05) is 29.3 Å². The van der Waals surface area contributed by atoms with E-state index in [4.69, 9.17) is 27.9 Å². The van der Waals surface area contributed by atoms with Gasteiger partial charge in [0.2, 0.25) is 11.3 Å². The van der Waals surface area contributed by atoms with Crippen molar-refractivity contribution in [2.75, 3.05) is 45.2 Å². The Bertz CT molecular complexity index is 1580. The number of benzene rings is 2. The van der Waals surface area contributed by atoms with Crippen LogP contribution in [0.15, 0.2) is 35.3 Å². The van der Waals surface area contributed by atoms with Crippen LogP contribution in [0.1, 0.15) is 41.7 Å². The Labute approximate surface area is 247 Å². The van der Waals surface area contributed by atoms with Crippen molar-refractivity contribution in [3.63, 3.8) is 0 Å². The minimum absolute atomic E-state index is 0.0216. The highest BCUT2D eigenvalue weighted by molar-refractivity contribution is 6.35. The molecule has 1 unspecified atom stereocenters. The number of likely N-dealkylation sites (N-methyl/N-ethyl adjacent to an activating group) is 1. The molecule has 5 rings (SSSR count). The maximum atomic E-state index is 15.9. The zero-order chi connectivity index (χ0) is 29.4. The molecule has 0 spiro atoms. The Morgan fingerprint density at radius 2 is 1.93 bits per heavy atom. The molecule has 1 saturated heterocycles. The van der Waals surface area contributed by atoms with Gasteiger partial charge in [-0.25, -0.2) is 4.39 Å². The normalized spacial score (nSPS) is 17.5. The summed E-state index contributed by atoms with van der Waals surface area (Å²) in [5.74, 6) is -1.01. The molecule has 9 nitrogen and oxygen atoms in total. The van der Waals surface area contributed by atoms with Gasteiger partial charge < -0.3 is 24.8 Å². The molecule has 3 aromatic rings. The number of carbonyl (C=O) groups is 2. The molecule has 1 saturated carbocycles. The van der Waals surface area contributed by atoms with E-state index in [9.17, 15) is 14.4 Å². The smallest absolute Gasteiger partial charge is 0.257 e. The number of nitrogens with one attached hydrogen (secondary N) is 2. The molecule has 2 heterocycles. The van der Waals surface area contributed by atoms with Crippen LogP contribution in [0.4, 0.5) is 10.1 Å². The largest absolute Gasteiger partial charge is 0.492 e. The van der Waals surface area contributed by atoms with Gasteiger partial charge >= 0.3 is 0 Å². The number of hydrogen-bond donors (Lipinski definition) is 2. The summed E-state index contributed by atoms with van der Waals surface area (Å²) < 4.78 is 23.5. The number of carbonyl (C=O) groups excluding carboxylic acids is 2. The Hall–Kier alpha value is -3.34. The summed E-state index contributed by atoms with van der Waals surface area (Å²) in [6, 6.07) is 6.20. The van der Waals surface area contributed by atoms with Gasteiger partial charge in [-0.05, 0) is 43.5 Å². The van der Waals surface area contributed by atoms with E-state index in [0.29, 0.717) is 40.8 Å². The number of ether oxygens (including phenoxy) is 1. The molecule has 1 aromatic heterocycles. The van der Waals surface area contributed by atoms with Crippen molar-refractivity contribution in [3.05, 3.63) is 67.7 Å². The van der Waals surface area contributed by atoms with Crippen molar-refractivity contribution in [2.24, 2.45) is 0 Å². The molecule has 1 atom stereocenters. The number of pyridine rings is 1. The van der Waals surface area contributed by atoms with Gasteiger partial charge in [0.15, 0.2) is 11.6 Å². The number of methoxy groups -OCH3 is 1. The van der Waals surface area contributed by atoms with Gasteiger partial charge in [-0.15, -0.1) is 0 Å². The molecular weight excluding hydrogens is 572 g/mol. The van der Waals surface area contributed by atoms with E-state index in [2.05, 4.69) is 10.6 Å². The molecule has 1 aliphatic heterocycles. The number of nitrogens with zero attached hydrogens (tertiary/aromatic N) is 3. The van der Waals surface area contributed by atoms with Crippen LogP contribution in [0.3, 0.4) is 0 Å². The SMILES string of the molecule is CNC(=O)CN1CCN(c2c(F)cc3c(=O)c(C(=O)NCc4ccc(Cl)cc4Cl)cn(C4CC4)c3c2OC)CC1C. The van der Waals surface area contributed by atoms with Crippen molar-refractivity contribution in [2.45, 2.75) is 38.4 Å². The zero-order valence-electron chi connectivity index (χ0n) is 23.1. The van der Waals surface area contributed by atoms with Crippen LogP contribution < -0.4 is 25.7 Å². The summed E-state index contributed by atoms with van der Waals surface area (Å²) in [6.07, 6.45) is 3.28. The molecule has 2 N–H and O–H groups in total. The van der Waals surface area contributed by atoms with E-state index >= 15 is 4.39 Å². The third kappa shape index (κ3) is 5.86. The lowest BCUT2D eigenvalue weighted by Crippen LogP contribution is -2.54. The third-order valence-electron chi connectivity index (χ3n) is 7.75. The molecule has 2 aliphatic rings. The summed E-state index contributed by atoms with van der Waals surface area (Å²) in [7, 11) is 3.06. The number of aromatic nitrogens is 1. The Kier molecular flexibility index (Phi) is 8.45. The van der Waals surface area contributed by atoms with Gasteiger partial charge in [0.05, 0.1) is 24.6 Å². The number of hydrogen-bond acceptors (Lipinski definition) is 6. The van der Waals surface area contributed by atoms with Crippen LogP contribution in [0.2, 0.25) is 10.0 Å². The molecule has 0 radical (unpaired) electrons. The van der Waals surface area contributed by atoms with Crippen molar-refractivity contribution in [1.82, 2.24) is 20.1 Å². The predicted octanol–water partition coefficient (Wildman–Crippen LogP) is 3.98. The van der Waals surface area contributed by atoms with Crippen LogP contribution in [-0.4, -0.2) is 67.7 Å². The minimum Gasteiger partial charge on any atom is -0.492 e. The number of amides is 2. The molecular formula is C29H32Cl2FN5O4. The first kappa shape index (κ1) is 29.2. The van der Waals surface area contributed by atoms with E-state index in [1.807, 2.05) is 21.3 Å². The monoisotopic (exact) mass is 603 g/mol. The molecule has 2 fully saturated rings. The van der Waals surface area contributed by atoms with E-state index in [1.165, 1.54) is 13.2 Å². The zero-order valence-corrected chi connectivity index (χ0v) is 24.6. The van der Waals surface area contributed by atoms with Gasteiger partial charge in [-0.2, -0.15) is 0 Å². The highest BCUT2D eigenvalue weighted by Gasteiger charge is 2.33. The lowest BCUT2D eigenvalue weighted by molar-refractivity contribution is -0.122. The first-order valence-electron chi connectivity index (χ1n) is 13.5. The molecule has 218 valence electrons. The first-order chi connectivity index (χ1) is 19.6. The average Bonchev–Trinajstić information content (AvgIpc) is 3.79. The van der Waals surface area contributed by atoms with Gasteiger partial charge in [0.25, 0.3) is 5.91 Å². The number of rotatable bonds is 8. The second-order valence-electron chi connectivity index (χ2n) is 10.5. The van der Waals surface area contributed by atoms with Crippen molar-refractivity contribution in [1.29, 1.82) is 0 Å². The predicted molar refractivity (Wildman–Crippen MR) is 158 cm³/mol. The van der Waals surface area contributed by atoms with E-state index in [1.54, 1.807) is 31.4 Å². The lowest BCUT2D eigenvalue weighted by atomic mass is 10.1. The molecule has 1 aliphatic carbocycles. The number of fused-ring (bicyclic) bond motifs is 1. The maximum absolute atomic E-state index is 15.9. The maximum Gasteiger partial charge on any atom is 0.257 e. The second-order valence-corrected chi connectivity index (χ2v) is 11.3. The number of piperazine rings is 1. The fourth-order valence-corrected chi connectivity index (χ4v) is 5.84. The Balaban J connectivity index is 1.51. The van der Waals surface area contributed by atoms with E-state index < -0.39 is 17.2 Å². The Morgan fingerprint density at radius 3 is 2.56 bits per heavy atom. The third-order valence-corrected chi connectivity index (χ3v) is 8.34. The minimum atomic E-state index is -0.605. The average molecular weight is 605 g/mol. The van der Waals surface area contributed by atoms with Crippen LogP contribution in [-0.2, 0) is 11.3 Å². The summed E-state index contributed by atoms with van der Waals surface area (Å²) in [4.78, 5) is 42.7. The summed E-state index contributed by atoms with van der Waals surface area (Å²) >= 11 is 12.2. The highest BCUT2D eigenvalue weighted by Crippen LogP contribution is 2.44. The van der Waals surface area contributed by atoms with Crippen LogP contribution in [0.5, 0.6) is 5.75 Å². The van der Waals surface area contributed by atoms with Gasteiger partial charge in [0.1, 0.15) is 11.3 Å². The quantitative estimate of drug-likeness (QED) is 0.404. The van der Waals surface area contributed by atoms with Crippen molar-refractivity contribution >= 4 is 51.6 Å². The van der Waals surface area contributed by atoms with E-state index in [-0.39, 0.29) is 53.5 Å². The highest BCUT2D eigenvalue weighted by atomic mass is 35.5. The molecule has 2 aromatic carbocycles. The molecule has 0 bridgehead atoms. The fourth-order valence-electron chi connectivity index (χ4n) is 5.37. The van der Waals surface area contributed by atoms with Crippen LogP contribution >= 0.6 is 23.2 Å². The summed E-state index contributed by atoms with van der Waals surface area (Å²) in [5.41, 5.74) is 0.725. The standard InChI is InChI=1S/C29H32Cl2FN5O4/c1-16-13-36(9-8-35(16)15-24(38)33-2)26-23(32)11-20-25(28(26)41-3)37(19-6-7-19)14-21(27(20)39)29(40)34-12-17-4-5-18(30)10-22(17)31/h4-5,10-11,14,16,19H,6-9,12-13,15H2,1-3H3,(H,33,38)(H,34,40). The van der Waals surface area contributed by atoms with Gasteiger partial charge in [-0.3, -0.25) is 19.3 Å². The molecule has 12 heteroatoms. The summed E-state index contributed by atoms with van der Waals surface area (Å²) in [6.45, 7) is 3.85. The topological polar surface area (TPSA) is 95.9 Å². The molecule has 41 heavy (non-hydrogen) atoms. The lowest BCUT2D eigenvalue weighted by Gasteiger charge is -2.41. The summed E-state index contributed by atoms with van der Waals surface area (Å²) in [5, 5.41) is 6.35. The first-order valence-corrected chi connectivity index (χ1v) is 14.3. The second kappa shape index (κ2) is 11.9. The number of halogens is 3. The van der Waals surface area contributed by atoms with E-state index in [0.717, 1.165) is 12.8 Å².